The highest BCUT2D eigenvalue weighted by Crippen LogP contribution is 2.20. The van der Waals surface area contributed by atoms with E-state index in [9.17, 15) is 14.6 Å². The maximum absolute atomic E-state index is 13.4. The van der Waals surface area contributed by atoms with E-state index in [0.717, 1.165) is 6.07 Å². The third-order valence-corrected chi connectivity index (χ3v) is 2.53. The Bertz CT molecular complexity index is 405. The van der Waals surface area contributed by atoms with Gasteiger partial charge in [-0.15, -0.1) is 11.6 Å². The van der Waals surface area contributed by atoms with E-state index in [0.29, 0.717) is 0 Å². The Morgan fingerprint density at radius 3 is 2.62 bits per heavy atom. The summed E-state index contributed by atoms with van der Waals surface area (Å²) in [6.07, 6.45) is -2.38. The second-order valence-corrected chi connectivity index (χ2v) is 3.66. The van der Waals surface area contributed by atoms with Crippen LogP contribution in [0.4, 0.5) is 4.39 Å². The summed E-state index contributed by atoms with van der Waals surface area (Å²) in [6, 6.07) is 5.82. The quantitative estimate of drug-likeness (QED) is 0.789. The van der Waals surface area contributed by atoms with Crippen LogP contribution in [0.5, 0.6) is 0 Å². The standard InChI is InChI=1S/C11H11ClFNO2/c12-6-10(15)11(16)8-2-1-7(3-4-14)9(13)5-8/h1-2,5,10-11,15-16H,3,6H2. The molecule has 1 aromatic rings. The van der Waals surface area contributed by atoms with Crippen LogP contribution in [0.25, 0.3) is 0 Å². The van der Waals surface area contributed by atoms with Crippen LogP contribution < -0.4 is 0 Å². The first-order valence-electron chi connectivity index (χ1n) is 4.67. The number of aliphatic hydroxyl groups excluding tert-OH is 2. The average molecular weight is 244 g/mol. The van der Waals surface area contributed by atoms with Crippen molar-refractivity contribution in [1.29, 1.82) is 5.26 Å². The molecule has 0 aromatic heterocycles. The van der Waals surface area contributed by atoms with Crippen LogP contribution in [0.2, 0.25) is 0 Å². The van der Waals surface area contributed by atoms with Crippen molar-refractivity contribution in [3.63, 3.8) is 0 Å². The number of rotatable bonds is 4. The summed E-state index contributed by atoms with van der Waals surface area (Å²) in [5, 5.41) is 27.3. The number of nitriles is 1. The predicted octanol–water partition coefficient (Wildman–Crippen LogP) is 1.52. The summed E-state index contributed by atoms with van der Waals surface area (Å²) in [5.41, 5.74) is 0.506. The number of benzene rings is 1. The van der Waals surface area contributed by atoms with Crippen LogP contribution in [0.1, 0.15) is 17.2 Å². The van der Waals surface area contributed by atoms with Crippen molar-refractivity contribution in [3.8, 4) is 6.07 Å². The van der Waals surface area contributed by atoms with Crippen molar-refractivity contribution in [2.75, 3.05) is 5.88 Å². The van der Waals surface area contributed by atoms with Gasteiger partial charge in [-0.3, -0.25) is 0 Å². The third-order valence-electron chi connectivity index (χ3n) is 2.21. The van der Waals surface area contributed by atoms with Crippen LogP contribution in [0.15, 0.2) is 18.2 Å². The Morgan fingerprint density at radius 2 is 2.12 bits per heavy atom. The molecule has 3 nitrogen and oxygen atoms in total. The molecule has 0 saturated heterocycles. The Labute approximate surface area is 97.7 Å². The fourth-order valence-corrected chi connectivity index (χ4v) is 1.45. The van der Waals surface area contributed by atoms with Gasteiger partial charge in [-0.2, -0.15) is 5.26 Å². The molecular weight excluding hydrogens is 233 g/mol. The van der Waals surface area contributed by atoms with Crippen LogP contribution >= 0.6 is 11.6 Å². The maximum Gasteiger partial charge on any atom is 0.127 e. The number of hydrogen-bond donors (Lipinski definition) is 2. The predicted molar refractivity (Wildman–Crippen MR) is 57.4 cm³/mol. The van der Waals surface area contributed by atoms with E-state index in [-0.39, 0.29) is 23.4 Å². The third kappa shape index (κ3) is 2.92. The summed E-state index contributed by atoms with van der Waals surface area (Å²) in [5.74, 6) is -0.706. The van der Waals surface area contributed by atoms with Gasteiger partial charge >= 0.3 is 0 Å². The topological polar surface area (TPSA) is 64.2 Å². The molecule has 0 amide bonds. The van der Waals surface area contributed by atoms with E-state index in [4.69, 9.17) is 16.9 Å². The van der Waals surface area contributed by atoms with Crippen molar-refractivity contribution in [2.45, 2.75) is 18.6 Å². The molecule has 0 heterocycles. The molecule has 0 aliphatic carbocycles. The number of nitrogens with zero attached hydrogens (tertiary/aromatic N) is 1. The molecule has 5 heteroatoms. The lowest BCUT2D eigenvalue weighted by Crippen LogP contribution is -2.19. The zero-order chi connectivity index (χ0) is 12.1. The van der Waals surface area contributed by atoms with Gasteiger partial charge in [0.05, 0.1) is 24.5 Å². The SMILES string of the molecule is N#CCc1ccc(C(O)C(O)CCl)cc1F. The largest absolute Gasteiger partial charge is 0.389 e. The number of hydrogen-bond acceptors (Lipinski definition) is 3. The highest BCUT2D eigenvalue weighted by Gasteiger charge is 2.18. The molecule has 0 aliphatic rings. The molecule has 0 bridgehead atoms. The molecule has 0 aliphatic heterocycles. The van der Waals surface area contributed by atoms with Gasteiger partial charge in [0.15, 0.2) is 0 Å². The second-order valence-electron chi connectivity index (χ2n) is 3.35. The van der Waals surface area contributed by atoms with Crippen molar-refractivity contribution in [3.05, 3.63) is 35.1 Å². The highest BCUT2D eigenvalue weighted by atomic mass is 35.5. The summed E-state index contributed by atoms with van der Waals surface area (Å²) in [4.78, 5) is 0. The normalized spacial score (nSPS) is 14.2. The second kappa shape index (κ2) is 5.80. The summed E-state index contributed by atoms with van der Waals surface area (Å²) >= 11 is 5.37. The van der Waals surface area contributed by atoms with Gasteiger partial charge in [0.2, 0.25) is 0 Å². The van der Waals surface area contributed by atoms with E-state index in [1.165, 1.54) is 12.1 Å². The zero-order valence-electron chi connectivity index (χ0n) is 8.40. The lowest BCUT2D eigenvalue weighted by molar-refractivity contribution is 0.0325. The zero-order valence-corrected chi connectivity index (χ0v) is 9.15. The van der Waals surface area contributed by atoms with E-state index in [2.05, 4.69) is 0 Å². The highest BCUT2D eigenvalue weighted by molar-refractivity contribution is 6.18. The first-order valence-corrected chi connectivity index (χ1v) is 5.21. The van der Waals surface area contributed by atoms with Crippen LogP contribution in [0.3, 0.4) is 0 Å². The molecule has 2 unspecified atom stereocenters. The number of halogens is 2. The molecule has 2 atom stereocenters. The van der Waals surface area contributed by atoms with Crippen molar-refractivity contribution >= 4 is 11.6 Å². The first-order chi connectivity index (χ1) is 7.60. The van der Waals surface area contributed by atoms with Crippen LogP contribution in [0, 0.1) is 17.1 Å². The monoisotopic (exact) mass is 243 g/mol. The minimum atomic E-state index is -1.22. The van der Waals surface area contributed by atoms with E-state index in [1.807, 2.05) is 6.07 Å². The fourth-order valence-electron chi connectivity index (χ4n) is 1.28. The molecule has 16 heavy (non-hydrogen) atoms. The smallest absolute Gasteiger partial charge is 0.127 e. The minimum Gasteiger partial charge on any atom is -0.389 e. The molecule has 0 spiro atoms. The van der Waals surface area contributed by atoms with Gasteiger partial charge in [0, 0.05) is 5.56 Å². The summed E-state index contributed by atoms with van der Waals surface area (Å²) < 4.78 is 13.4. The van der Waals surface area contributed by atoms with E-state index < -0.39 is 18.0 Å². The Morgan fingerprint density at radius 1 is 1.44 bits per heavy atom. The first kappa shape index (κ1) is 12.9. The van der Waals surface area contributed by atoms with E-state index >= 15 is 0 Å². The Kier molecular flexibility index (Phi) is 4.69. The summed E-state index contributed by atoms with van der Waals surface area (Å²) in [7, 11) is 0. The van der Waals surface area contributed by atoms with Gasteiger partial charge < -0.3 is 10.2 Å². The van der Waals surface area contributed by atoms with Gasteiger partial charge in [-0.05, 0) is 11.6 Å². The minimum absolute atomic E-state index is 0.0275. The molecule has 2 N–H and O–H groups in total. The van der Waals surface area contributed by atoms with Crippen LogP contribution in [-0.4, -0.2) is 22.2 Å². The molecular formula is C11H11ClFNO2. The lowest BCUT2D eigenvalue weighted by atomic mass is 10.0. The number of alkyl halides is 1. The van der Waals surface area contributed by atoms with Gasteiger partial charge in [-0.1, -0.05) is 12.1 Å². The molecule has 0 saturated carbocycles. The maximum atomic E-state index is 13.4. The molecule has 1 rings (SSSR count). The van der Waals surface area contributed by atoms with Crippen molar-refractivity contribution in [1.82, 2.24) is 0 Å². The summed E-state index contributed by atoms with van der Waals surface area (Å²) in [6.45, 7) is 0. The van der Waals surface area contributed by atoms with Gasteiger partial charge in [0.1, 0.15) is 11.9 Å². The lowest BCUT2D eigenvalue weighted by Gasteiger charge is -2.16. The van der Waals surface area contributed by atoms with E-state index in [1.54, 1.807) is 0 Å². The molecule has 0 fully saturated rings. The van der Waals surface area contributed by atoms with Crippen LogP contribution in [-0.2, 0) is 6.42 Å². The fraction of sp³-hybridized carbons (Fsp3) is 0.364. The van der Waals surface area contributed by atoms with Crippen molar-refractivity contribution in [2.24, 2.45) is 0 Å². The van der Waals surface area contributed by atoms with Crippen molar-refractivity contribution < 1.29 is 14.6 Å². The molecule has 0 radical (unpaired) electrons. The number of aliphatic hydroxyl groups is 2. The van der Waals surface area contributed by atoms with Gasteiger partial charge in [-0.25, -0.2) is 4.39 Å². The van der Waals surface area contributed by atoms with Gasteiger partial charge in [0.25, 0.3) is 0 Å². The molecule has 86 valence electrons. The average Bonchev–Trinajstić information content (AvgIpc) is 2.30. The molecule has 1 aromatic carbocycles. The Hall–Kier alpha value is -1.15. The Balaban J connectivity index is 2.93.